The van der Waals surface area contributed by atoms with Crippen LogP contribution in [0.15, 0.2) is 6.33 Å². The predicted octanol–water partition coefficient (Wildman–Crippen LogP) is 0.583. The number of hydrogen-bond acceptors (Lipinski definition) is 5. The zero-order valence-corrected chi connectivity index (χ0v) is 11.2. The molecule has 0 radical (unpaired) electrons. The van der Waals surface area contributed by atoms with Crippen LogP contribution in [0.25, 0.3) is 0 Å². The molecule has 6 heteroatoms. The second-order valence-electron chi connectivity index (χ2n) is 4.69. The van der Waals surface area contributed by atoms with Crippen LogP contribution in [0.1, 0.15) is 25.6 Å². The molecule has 1 saturated heterocycles. The van der Waals surface area contributed by atoms with E-state index < -0.39 is 0 Å². The van der Waals surface area contributed by atoms with E-state index in [1.165, 1.54) is 0 Å². The van der Waals surface area contributed by atoms with E-state index in [1.807, 2.05) is 4.68 Å². The van der Waals surface area contributed by atoms with Crippen molar-refractivity contribution in [1.29, 1.82) is 0 Å². The maximum Gasteiger partial charge on any atom is 0.140 e. The van der Waals surface area contributed by atoms with Crippen LogP contribution in [0.5, 0.6) is 0 Å². The van der Waals surface area contributed by atoms with Gasteiger partial charge in [-0.15, -0.1) is 0 Å². The number of nitrogens with one attached hydrogen (secondary N) is 1. The van der Waals surface area contributed by atoms with Gasteiger partial charge in [-0.1, -0.05) is 6.92 Å². The van der Waals surface area contributed by atoms with Gasteiger partial charge in [0.25, 0.3) is 0 Å². The second-order valence-corrected chi connectivity index (χ2v) is 4.69. The van der Waals surface area contributed by atoms with Gasteiger partial charge < -0.3 is 14.8 Å². The quantitative estimate of drug-likeness (QED) is 0.771. The average molecular weight is 254 g/mol. The normalized spacial score (nSPS) is 23.7. The minimum Gasteiger partial charge on any atom is -0.378 e. The Bertz CT molecular complexity index is 361. The largest absolute Gasteiger partial charge is 0.378 e. The summed E-state index contributed by atoms with van der Waals surface area (Å²) in [4.78, 5) is 4.26. The first-order chi connectivity index (χ1) is 8.79. The van der Waals surface area contributed by atoms with E-state index in [9.17, 15) is 0 Å². The summed E-state index contributed by atoms with van der Waals surface area (Å²) in [6, 6.07) is 0. The lowest BCUT2D eigenvalue weighted by atomic mass is 10.0. The summed E-state index contributed by atoms with van der Waals surface area (Å²) in [5.41, 5.74) is -0.171. The molecule has 0 bridgehead atoms. The SMILES string of the molecule is CCCn1ncnc1CNCC1(OC)CCOC1. The minimum absolute atomic E-state index is 0.171. The first kappa shape index (κ1) is 13.5. The molecule has 1 aromatic rings. The highest BCUT2D eigenvalue weighted by Crippen LogP contribution is 2.21. The Morgan fingerprint density at radius 1 is 1.61 bits per heavy atom. The van der Waals surface area contributed by atoms with E-state index in [-0.39, 0.29) is 5.60 Å². The van der Waals surface area contributed by atoms with E-state index >= 15 is 0 Å². The molecule has 1 aliphatic rings. The highest BCUT2D eigenvalue weighted by atomic mass is 16.5. The van der Waals surface area contributed by atoms with E-state index in [0.717, 1.165) is 38.4 Å². The maximum absolute atomic E-state index is 5.57. The van der Waals surface area contributed by atoms with Gasteiger partial charge in [0.05, 0.1) is 13.2 Å². The molecule has 1 aromatic heterocycles. The molecular formula is C12H22N4O2. The van der Waals surface area contributed by atoms with Crippen LogP contribution < -0.4 is 5.32 Å². The number of methoxy groups -OCH3 is 1. The molecule has 1 fully saturated rings. The highest BCUT2D eigenvalue weighted by Gasteiger charge is 2.34. The number of hydrogen-bond donors (Lipinski definition) is 1. The number of rotatable bonds is 7. The first-order valence-electron chi connectivity index (χ1n) is 6.50. The van der Waals surface area contributed by atoms with E-state index in [2.05, 4.69) is 22.3 Å². The molecule has 2 heterocycles. The second kappa shape index (κ2) is 6.26. The fraction of sp³-hybridized carbons (Fsp3) is 0.833. The monoisotopic (exact) mass is 254 g/mol. The van der Waals surface area contributed by atoms with Gasteiger partial charge in [0.1, 0.15) is 17.8 Å². The van der Waals surface area contributed by atoms with Gasteiger partial charge >= 0.3 is 0 Å². The third-order valence-electron chi connectivity index (χ3n) is 3.36. The van der Waals surface area contributed by atoms with Crippen LogP contribution in [0.4, 0.5) is 0 Å². The number of nitrogens with zero attached hydrogens (tertiary/aromatic N) is 3. The Morgan fingerprint density at radius 2 is 2.50 bits per heavy atom. The number of ether oxygens (including phenoxy) is 2. The van der Waals surface area contributed by atoms with Crippen molar-refractivity contribution >= 4 is 0 Å². The van der Waals surface area contributed by atoms with Crippen LogP contribution in [0.2, 0.25) is 0 Å². The summed E-state index contributed by atoms with van der Waals surface area (Å²) in [7, 11) is 1.75. The molecular weight excluding hydrogens is 232 g/mol. The van der Waals surface area contributed by atoms with E-state index in [4.69, 9.17) is 9.47 Å². The van der Waals surface area contributed by atoms with Gasteiger partial charge in [0.2, 0.25) is 0 Å². The van der Waals surface area contributed by atoms with Crippen LogP contribution >= 0.6 is 0 Å². The first-order valence-corrected chi connectivity index (χ1v) is 6.50. The van der Waals surface area contributed by atoms with Crippen molar-refractivity contribution in [2.45, 2.75) is 38.5 Å². The molecule has 18 heavy (non-hydrogen) atoms. The topological polar surface area (TPSA) is 61.2 Å². The summed E-state index contributed by atoms with van der Waals surface area (Å²) in [6.45, 7) is 5.98. The molecule has 0 saturated carbocycles. The predicted molar refractivity (Wildman–Crippen MR) is 67.2 cm³/mol. The van der Waals surface area contributed by atoms with Crippen LogP contribution in [-0.2, 0) is 22.6 Å². The lowest BCUT2D eigenvalue weighted by Crippen LogP contribution is -2.43. The molecule has 1 aliphatic heterocycles. The zero-order valence-electron chi connectivity index (χ0n) is 11.2. The Kier molecular flexibility index (Phi) is 4.68. The summed E-state index contributed by atoms with van der Waals surface area (Å²) in [6.07, 6.45) is 3.61. The summed E-state index contributed by atoms with van der Waals surface area (Å²) in [5.74, 6) is 0.974. The molecule has 0 amide bonds. The van der Waals surface area contributed by atoms with Crippen LogP contribution in [-0.4, -0.2) is 47.2 Å². The van der Waals surface area contributed by atoms with Crippen LogP contribution in [0.3, 0.4) is 0 Å². The lowest BCUT2D eigenvalue weighted by Gasteiger charge is -2.25. The standard InChI is InChI=1S/C12H22N4O2/c1-3-5-16-11(14-10-15-16)7-13-8-12(17-2)4-6-18-9-12/h10,13H,3-9H2,1-2H3. The molecule has 0 aliphatic carbocycles. The van der Waals surface area contributed by atoms with Gasteiger partial charge in [-0.3, -0.25) is 0 Å². The lowest BCUT2D eigenvalue weighted by molar-refractivity contribution is -0.0160. The van der Waals surface area contributed by atoms with Crippen LogP contribution in [0, 0.1) is 0 Å². The highest BCUT2D eigenvalue weighted by molar-refractivity contribution is 4.89. The third-order valence-corrected chi connectivity index (χ3v) is 3.36. The van der Waals surface area contributed by atoms with Crippen molar-refractivity contribution < 1.29 is 9.47 Å². The van der Waals surface area contributed by atoms with Crippen molar-refractivity contribution in [3.8, 4) is 0 Å². The van der Waals surface area contributed by atoms with E-state index in [0.29, 0.717) is 13.2 Å². The van der Waals surface area contributed by atoms with Crippen molar-refractivity contribution in [3.05, 3.63) is 12.2 Å². The molecule has 1 atom stereocenters. The molecule has 0 aromatic carbocycles. The molecule has 102 valence electrons. The molecule has 6 nitrogen and oxygen atoms in total. The Morgan fingerprint density at radius 3 is 3.17 bits per heavy atom. The van der Waals surface area contributed by atoms with Crippen molar-refractivity contribution in [1.82, 2.24) is 20.1 Å². The Balaban J connectivity index is 1.82. The van der Waals surface area contributed by atoms with E-state index in [1.54, 1.807) is 13.4 Å². The van der Waals surface area contributed by atoms with Crippen molar-refractivity contribution in [3.63, 3.8) is 0 Å². The average Bonchev–Trinajstić information content (AvgIpc) is 3.01. The number of aryl methyl sites for hydroxylation is 1. The maximum atomic E-state index is 5.57. The number of aromatic nitrogens is 3. The van der Waals surface area contributed by atoms with Gasteiger partial charge in [-0.25, -0.2) is 9.67 Å². The summed E-state index contributed by atoms with van der Waals surface area (Å²) >= 11 is 0. The van der Waals surface area contributed by atoms with Crippen molar-refractivity contribution in [2.75, 3.05) is 26.9 Å². The molecule has 0 spiro atoms. The smallest absolute Gasteiger partial charge is 0.140 e. The van der Waals surface area contributed by atoms with Crippen molar-refractivity contribution in [2.24, 2.45) is 0 Å². The Hall–Kier alpha value is -0.980. The van der Waals surface area contributed by atoms with Gasteiger partial charge in [0, 0.05) is 33.2 Å². The van der Waals surface area contributed by atoms with Gasteiger partial charge in [0.15, 0.2) is 0 Å². The molecule has 1 unspecified atom stereocenters. The summed E-state index contributed by atoms with van der Waals surface area (Å²) in [5, 5.41) is 7.60. The summed E-state index contributed by atoms with van der Waals surface area (Å²) < 4.78 is 12.9. The van der Waals surface area contributed by atoms with Gasteiger partial charge in [-0.2, -0.15) is 5.10 Å². The fourth-order valence-corrected chi connectivity index (χ4v) is 2.19. The Labute approximate surface area is 108 Å². The molecule has 2 rings (SSSR count). The fourth-order valence-electron chi connectivity index (χ4n) is 2.19. The third kappa shape index (κ3) is 3.07. The molecule has 1 N–H and O–H groups in total. The zero-order chi connectivity index (χ0) is 12.8. The minimum atomic E-state index is -0.171. The van der Waals surface area contributed by atoms with Gasteiger partial charge in [-0.05, 0) is 6.42 Å².